The van der Waals surface area contributed by atoms with Gasteiger partial charge in [-0.05, 0) is 49.2 Å². The summed E-state index contributed by atoms with van der Waals surface area (Å²) in [5.74, 6) is -0.647. The fourth-order valence-corrected chi connectivity index (χ4v) is 3.18. The number of anilines is 2. The molecule has 130 valence electrons. The molecule has 3 rings (SSSR count). The van der Waals surface area contributed by atoms with Gasteiger partial charge in [-0.1, -0.05) is 35.3 Å². The summed E-state index contributed by atoms with van der Waals surface area (Å²) in [7, 11) is 0. The number of hydrogen-bond acceptors (Lipinski definition) is 2. The molecule has 1 N–H and O–H groups in total. The van der Waals surface area contributed by atoms with Crippen molar-refractivity contribution < 1.29 is 9.59 Å². The molecule has 1 aliphatic rings. The predicted octanol–water partition coefficient (Wildman–Crippen LogP) is 4.60. The first-order valence-corrected chi connectivity index (χ1v) is 8.74. The molecule has 2 amide bonds. The van der Waals surface area contributed by atoms with Gasteiger partial charge in [0, 0.05) is 24.3 Å². The van der Waals surface area contributed by atoms with Gasteiger partial charge >= 0.3 is 0 Å². The Balaban J connectivity index is 1.74. The number of benzene rings is 2. The van der Waals surface area contributed by atoms with E-state index in [1.54, 1.807) is 23.1 Å². The molecule has 1 unspecified atom stereocenters. The molecule has 0 spiro atoms. The van der Waals surface area contributed by atoms with E-state index in [0.717, 1.165) is 16.8 Å². The zero-order valence-corrected chi connectivity index (χ0v) is 15.5. The van der Waals surface area contributed by atoms with Crippen molar-refractivity contribution in [3.8, 4) is 0 Å². The number of carbonyl (C=O) groups is 2. The maximum absolute atomic E-state index is 12.6. The zero-order chi connectivity index (χ0) is 18.1. The van der Waals surface area contributed by atoms with Gasteiger partial charge in [-0.2, -0.15) is 0 Å². The summed E-state index contributed by atoms with van der Waals surface area (Å²) < 4.78 is 0. The van der Waals surface area contributed by atoms with Crippen LogP contribution in [0.4, 0.5) is 11.4 Å². The lowest BCUT2D eigenvalue weighted by Crippen LogP contribution is -2.28. The first-order valence-electron chi connectivity index (χ1n) is 7.98. The van der Waals surface area contributed by atoms with Gasteiger partial charge in [-0.25, -0.2) is 0 Å². The van der Waals surface area contributed by atoms with Crippen LogP contribution in [0.5, 0.6) is 0 Å². The summed E-state index contributed by atoms with van der Waals surface area (Å²) in [6.45, 7) is 4.24. The molecule has 0 saturated carbocycles. The Hall–Kier alpha value is -2.04. The number of nitrogens with one attached hydrogen (secondary N) is 1. The number of nitrogens with zero attached hydrogens (tertiary/aromatic N) is 1. The fraction of sp³-hybridized carbons (Fsp3) is 0.263. The van der Waals surface area contributed by atoms with Crippen molar-refractivity contribution in [2.75, 3.05) is 16.8 Å². The molecule has 1 aliphatic heterocycles. The second kappa shape index (κ2) is 7.06. The van der Waals surface area contributed by atoms with Crippen LogP contribution in [0.1, 0.15) is 17.5 Å². The van der Waals surface area contributed by atoms with Crippen LogP contribution < -0.4 is 10.2 Å². The highest BCUT2D eigenvalue weighted by atomic mass is 35.5. The highest BCUT2D eigenvalue weighted by molar-refractivity contribution is 6.42. The molecular formula is C19H18Cl2N2O2. The summed E-state index contributed by atoms with van der Waals surface area (Å²) >= 11 is 12.0. The van der Waals surface area contributed by atoms with Crippen molar-refractivity contribution in [1.29, 1.82) is 0 Å². The molecule has 25 heavy (non-hydrogen) atoms. The third kappa shape index (κ3) is 3.80. The first kappa shape index (κ1) is 17.8. The molecule has 0 aliphatic carbocycles. The van der Waals surface area contributed by atoms with E-state index in [1.165, 1.54) is 0 Å². The van der Waals surface area contributed by atoms with E-state index in [0.29, 0.717) is 22.3 Å². The lowest BCUT2D eigenvalue weighted by molar-refractivity contribution is -0.122. The minimum atomic E-state index is -0.401. The van der Waals surface area contributed by atoms with Gasteiger partial charge < -0.3 is 10.2 Å². The number of rotatable bonds is 3. The van der Waals surface area contributed by atoms with Crippen molar-refractivity contribution in [1.82, 2.24) is 0 Å². The molecule has 4 nitrogen and oxygen atoms in total. The van der Waals surface area contributed by atoms with Gasteiger partial charge in [0.15, 0.2) is 0 Å². The Morgan fingerprint density at radius 1 is 1.12 bits per heavy atom. The Kier molecular flexibility index (Phi) is 5.02. The van der Waals surface area contributed by atoms with E-state index in [9.17, 15) is 9.59 Å². The van der Waals surface area contributed by atoms with Crippen LogP contribution >= 0.6 is 23.2 Å². The lowest BCUT2D eigenvalue weighted by Gasteiger charge is -2.17. The van der Waals surface area contributed by atoms with Gasteiger partial charge in [0.2, 0.25) is 11.8 Å². The van der Waals surface area contributed by atoms with Gasteiger partial charge in [0.1, 0.15) is 0 Å². The average Bonchev–Trinajstić information content (AvgIpc) is 2.95. The number of amides is 2. The minimum absolute atomic E-state index is 0.0977. The molecule has 1 fully saturated rings. The number of carbonyl (C=O) groups excluding carboxylic acids is 2. The van der Waals surface area contributed by atoms with Crippen LogP contribution in [0, 0.1) is 19.8 Å². The monoisotopic (exact) mass is 376 g/mol. The van der Waals surface area contributed by atoms with Gasteiger partial charge in [-0.15, -0.1) is 0 Å². The van der Waals surface area contributed by atoms with Crippen LogP contribution in [0.3, 0.4) is 0 Å². The van der Waals surface area contributed by atoms with Gasteiger partial charge in [-0.3, -0.25) is 9.59 Å². The first-order chi connectivity index (χ1) is 11.8. The predicted molar refractivity (Wildman–Crippen MR) is 101 cm³/mol. The Morgan fingerprint density at radius 2 is 1.88 bits per heavy atom. The van der Waals surface area contributed by atoms with Gasteiger partial charge in [0.25, 0.3) is 0 Å². The summed E-state index contributed by atoms with van der Waals surface area (Å²) in [4.78, 5) is 26.5. The van der Waals surface area contributed by atoms with Crippen LogP contribution in [0.25, 0.3) is 0 Å². The number of hydrogen-bond donors (Lipinski definition) is 1. The molecule has 6 heteroatoms. The van der Waals surface area contributed by atoms with E-state index in [-0.39, 0.29) is 18.2 Å². The van der Waals surface area contributed by atoms with E-state index in [1.807, 2.05) is 32.0 Å². The van der Waals surface area contributed by atoms with Crippen LogP contribution in [0.2, 0.25) is 10.0 Å². The van der Waals surface area contributed by atoms with E-state index in [4.69, 9.17) is 23.2 Å². The van der Waals surface area contributed by atoms with Gasteiger partial charge in [0.05, 0.1) is 16.0 Å². The zero-order valence-electron chi connectivity index (χ0n) is 14.0. The molecule has 2 aromatic carbocycles. The Morgan fingerprint density at radius 3 is 2.60 bits per heavy atom. The molecule has 1 heterocycles. The normalized spacial score (nSPS) is 17.0. The smallest absolute Gasteiger partial charge is 0.229 e. The Labute approximate surface area is 156 Å². The highest BCUT2D eigenvalue weighted by Crippen LogP contribution is 2.31. The molecule has 0 bridgehead atoms. The van der Waals surface area contributed by atoms with Crippen molar-refractivity contribution in [2.24, 2.45) is 5.92 Å². The molecule has 0 radical (unpaired) electrons. The fourth-order valence-electron chi connectivity index (χ4n) is 2.89. The lowest BCUT2D eigenvalue weighted by atomic mass is 10.1. The Bertz CT molecular complexity index is 851. The van der Waals surface area contributed by atoms with Crippen molar-refractivity contribution >= 4 is 46.4 Å². The van der Waals surface area contributed by atoms with E-state index in [2.05, 4.69) is 5.32 Å². The summed E-state index contributed by atoms with van der Waals surface area (Å²) in [5.41, 5.74) is 3.50. The summed E-state index contributed by atoms with van der Waals surface area (Å²) in [6.07, 6.45) is 0.178. The summed E-state index contributed by atoms with van der Waals surface area (Å²) in [5, 5.41) is 3.76. The molecule has 1 atom stereocenters. The molecular weight excluding hydrogens is 359 g/mol. The SMILES string of the molecule is Cc1ccc(C)c(NC(=O)C2CC(=O)N(c3ccc(Cl)c(Cl)c3)C2)c1. The van der Waals surface area contributed by atoms with E-state index >= 15 is 0 Å². The second-order valence-electron chi connectivity index (χ2n) is 6.31. The minimum Gasteiger partial charge on any atom is -0.326 e. The maximum Gasteiger partial charge on any atom is 0.229 e. The topological polar surface area (TPSA) is 49.4 Å². The van der Waals surface area contributed by atoms with Crippen LogP contribution in [0.15, 0.2) is 36.4 Å². The highest BCUT2D eigenvalue weighted by Gasteiger charge is 2.35. The molecule has 1 saturated heterocycles. The molecule has 2 aromatic rings. The van der Waals surface area contributed by atoms with Crippen LogP contribution in [-0.2, 0) is 9.59 Å². The number of aryl methyl sites for hydroxylation is 2. The van der Waals surface area contributed by atoms with E-state index < -0.39 is 5.92 Å². The van der Waals surface area contributed by atoms with Crippen LogP contribution in [-0.4, -0.2) is 18.4 Å². The molecule has 0 aromatic heterocycles. The quantitative estimate of drug-likeness (QED) is 0.850. The van der Waals surface area contributed by atoms with Crippen molar-refractivity contribution in [2.45, 2.75) is 20.3 Å². The second-order valence-corrected chi connectivity index (χ2v) is 7.13. The summed E-state index contributed by atoms with van der Waals surface area (Å²) in [6, 6.07) is 10.9. The maximum atomic E-state index is 12.6. The van der Waals surface area contributed by atoms with Crippen molar-refractivity contribution in [3.63, 3.8) is 0 Å². The third-order valence-corrected chi connectivity index (χ3v) is 5.10. The number of halogens is 2. The third-order valence-electron chi connectivity index (χ3n) is 4.36. The largest absolute Gasteiger partial charge is 0.326 e. The van der Waals surface area contributed by atoms with Crippen molar-refractivity contribution in [3.05, 3.63) is 57.6 Å². The standard InChI is InChI=1S/C19H18Cl2N2O2/c1-11-3-4-12(2)17(7-11)22-19(25)13-8-18(24)23(10-13)14-5-6-15(20)16(21)9-14/h3-7,9,13H,8,10H2,1-2H3,(H,22,25). The average molecular weight is 377 g/mol.